The van der Waals surface area contributed by atoms with Crippen LogP contribution in [0.25, 0.3) is 22.3 Å². The van der Waals surface area contributed by atoms with Crippen molar-refractivity contribution in [2.45, 2.75) is 77.4 Å². The third-order valence-corrected chi connectivity index (χ3v) is 7.92. The molecule has 0 aliphatic rings. The maximum atomic E-state index is 14.1. The van der Waals surface area contributed by atoms with Crippen LogP contribution in [0.5, 0.6) is 0 Å². The van der Waals surface area contributed by atoms with Crippen molar-refractivity contribution in [2.24, 2.45) is 0 Å². The van der Waals surface area contributed by atoms with Crippen molar-refractivity contribution in [3.63, 3.8) is 0 Å². The Balaban J connectivity index is 1.74. The van der Waals surface area contributed by atoms with Gasteiger partial charge in [0, 0.05) is 60.6 Å². The first-order chi connectivity index (χ1) is 21.5. The summed E-state index contributed by atoms with van der Waals surface area (Å²) in [7, 11) is 4.11. The van der Waals surface area contributed by atoms with Crippen LogP contribution in [0.1, 0.15) is 61.7 Å². The van der Waals surface area contributed by atoms with Crippen LogP contribution in [0.2, 0.25) is 0 Å². The van der Waals surface area contributed by atoms with Crippen LogP contribution in [-0.4, -0.2) is 52.0 Å². The van der Waals surface area contributed by atoms with Crippen molar-refractivity contribution >= 4 is 5.97 Å². The fraction of sp³-hybridized carbons (Fsp3) is 0.378. The minimum Gasteiger partial charge on any atom is -0.550 e. The van der Waals surface area contributed by atoms with E-state index in [1.807, 2.05) is 18.2 Å². The summed E-state index contributed by atoms with van der Waals surface area (Å²) in [5.41, 5.74) is 8.44. The summed E-state index contributed by atoms with van der Waals surface area (Å²) < 4.78 is 16.4. The standard InChI is InChI=1S/C37H46FN3O4/c1-25(2)41-33(19-18-31(42)20-32(43)21-35(44)45)36(29-14-16-30(38)17-15-29)37(28-8-6-5-7-9-28)34(41)23-39-22-26-10-12-27(13-11-26)24-40(3)4/h5-17,25,31-32,39,42-43H,18-24H2,1-4H3,(H,44,45)/p-1. The summed E-state index contributed by atoms with van der Waals surface area (Å²) in [5.74, 6) is -1.67. The first kappa shape index (κ1) is 34.1. The van der Waals surface area contributed by atoms with Crippen LogP contribution in [0, 0.1) is 5.82 Å². The lowest BCUT2D eigenvalue weighted by Gasteiger charge is -2.21. The van der Waals surface area contributed by atoms with E-state index in [9.17, 15) is 24.5 Å². The lowest BCUT2D eigenvalue weighted by Crippen LogP contribution is -2.29. The number of nitrogens with zero attached hydrogens (tertiary/aromatic N) is 2. The molecule has 0 bridgehead atoms. The fourth-order valence-corrected chi connectivity index (χ4v) is 6.04. The number of carbonyl (C=O) groups excluding carboxylic acids is 1. The zero-order valence-electron chi connectivity index (χ0n) is 26.7. The van der Waals surface area contributed by atoms with E-state index in [-0.39, 0.29) is 18.3 Å². The van der Waals surface area contributed by atoms with Gasteiger partial charge in [0.05, 0.1) is 12.2 Å². The Kier molecular flexibility index (Phi) is 12.1. The zero-order chi connectivity index (χ0) is 32.5. The van der Waals surface area contributed by atoms with Crippen LogP contribution in [-0.2, 0) is 30.8 Å². The number of halogens is 1. The van der Waals surface area contributed by atoms with Crippen molar-refractivity contribution in [3.8, 4) is 22.3 Å². The Labute approximate surface area is 266 Å². The van der Waals surface area contributed by atoms with Crippen molar-refractivity contribution in [3.05, 3.63) is 107 Å². The van der Waals surface area contributed by atoms with Gasteiger partial charge in [-0.15, -0.1) is 0 Å². The Hall–Kier alpha value is -3.82. The Morgan fingerprint density at radius 1 is 0.844 bits per heavy atom. The number of aliphatic carboxylic acids is 1. The minimum atomic E-state index is -1.35. The van der Waals surface area contributed by atoms with E-state index in [0.29, 0.717) is 25.9 Å². The molecule has 8 heteroatoms. The third-order valence-electron chi connectivity index (χ3n) is 7.92. The Bertz CT molecular complexity index is 1520. The van der Waals surface area contributed by atoms with E-state index >= 15 is 0 Å². The van der Waals surface area contributed by atoms with Gasteiger partial charge >= 0.3 is 0 Å². The summed E-state index contributed by atoms with van der Waals surface area (Å²) in [5, 5.41) is 35.5. The summed E-state index contributed by atoms with van der Waals surface area (Å²) in [6.45, 7) is 6.38. The molecule has 0 saturated heterocycles. The van der Waals surface area contributed by atoms with Crippen LogP contribution in [0.15, 0.2) is 78.9 Å². The molecule has 240 valence electrons. The number of hydrogen-bond donors (Lipinski definition) is 3. The Morgan fingerprint density at radius 3 is 2.04 bits per heavy atom. The molecule has 2 unspecified atom stereocenters. The number of benzene rings is 3. The van der Waals surface area contributed by atoms with Gasteiger partial charge in [0.2, 0.25) is 0 Å². The third kappa shape index (κ3) is 9.34. The number of rotatable bonds is 16. The molecule has 1 heterocycles. The molecule has 2 atom stereocenters. The second-order valence-corrected chi connectivity index (χ2v) is 12.3. The molecular weight excluding hydrogens is 569 g/mol. The van der Waals surface area contributed by atoms with Gasteiger partial charge in [0.25, 0.3) is 0 Å². The highest BCUT2D eigenvalue weighted by Gasteiger charge is 2.27. The lowest BCUT2D eigenvalue weighted by molar-refractivity contribution is -0.307. The van der Waals surface area contributed by atoms with Crippen molar-refractivity contribution in [1.29, 1.82) is 0 Å². The molecule has 3 aromatic carbocycles. The van der Waals surface area contributed by atoms with Crippen molar-refractivity contribution in [2.75, 3.05) is 14.1 Å². The maximum absolute atomic E-state index is 14.1. The maximum Gasteiger partial charge on any atom is 0.123 e. The normalized spacial score (nSPS) is 13.0. The first-order valence-corrected chi connectivity index (χ1v) is 15.6. The summed E-state index contributed by atoms with van der Waals surface area (Å²) >= 11 is 0. The number of nitrogens with one attached hydrogen (secondary N) is 1. The molecule has 0 fully saturated rings. The molecule has 1 aromatic heterocycles. The van der Waals surface area contributed by atoms with Crippen molar-refractivity contribution < 1.29 is 24.5 Å². The molecule has 0 saturated carbocycles. The van der Waals surface area contributed by atoms with Gasteiger partial charge in [-0.1, -0.05) is 66.7 Å². The van der Waals surface area contributed by atoms with Gasteiger partial charge < -0.3 is 34.9 Å². The lowest BCUT2D eigenvalue weighted by atomic mass is 9.93. The van der Waals surface area contributed by atoms with E-state index in [1.54, 1.807) is 12.1 Å². The average molecular weight is 615 g/mol. The molecule has 0 amide bonds. The van der Waals surface area contributed by atoms with E-state index in [2.05, 4.69) is 79.1 Å². The van der Waals surface area contributed by atoms with Crippen LogP contribution in [0.3, 0.4) is 0 Å². The number of carboxylic acid groups (broad SMARTS) is 1. The zero-order valence-corrected chi connectivity index (χ0v) is 26.7. The monoisotopic (exact) mass is 614 g/mol. The number of aliphatic hydroxyl groups is 2. The van der Waals surface area contributed by atoms with Gasteiger partial charge in [-0.2, -0.15) is 0 Å². The number of hydrogen-bond acceptors (Lipinski definition) is 6. The molecule has 0 aliphatic heterocycles. The van der Waals surface area contributed by atoms with E-state index in [1.165, 1.54) is 23.3 Å². The van der Waals surface area contributed by atoms with Crippen LogP contribution >= 0.6 is 0 Å². The van der Waals surface area contributed by atoms with Crippen LogP contribution in [0.4, 0.5) is 4.39 Å². The topological polar surface area (TPSA) is 101 Å². The van der Waals surface area contributed by atoms with Gasteiger partial charge in [-0.05, 0) is 81.6 Å². The highest BCUT2D eigenvalue weighted by molar-refractivity contribution is 5.88. The molecular formula is C37H45FN3O4-. The second-order valence-electron chi connectivity index (χ2n) is 12.3. The summed E-state index contributed by atoms with van der Waals surface area (Å²) in [4.78, 5) is 13.1. The Morgan fingerprint density at radius 2 is 1.44 bits per heavy atom. The second kappa shape index (κ2) is 16.0. The number of aliphatic hydroxyl groups excluding tert-OH is 2. The summed E-state index contributed by atoms with van der Waals surface area (Å²) in [6.07, 6.45) is -1.89. The molecule has 3 N–H and O–H groups in total. The average Bonchev–Trinajstić information content (AvgIpc) is 3.31. The van der Waals surface area contributed by atoms with Gasteiger partial charge in [0.15, 0.2) is 0 Å². The molecule has 7 nitrogen and oxygen atoms in total. The SMILES string of the molecule is CC(C)n1c(CCC(O)CC(O)CC(=O)[O-])c(-c2ccc(F)cc2)c(-c2ccccc2)c1CNCc1ccc(CN(C)C)cc1. The highest BCUT2D eigenvalue weighted by atomic mass is 19.1. The fourth-order valence-electron chi connectivity index (χ4n) is 6.04. The predicted octanol–water partition coefficient (Wildman–Crippen LogP) is 5.08. The van der Waals surface area contributed by atoms with E-state index in [0.717, 1.165) is 40.2 Å². The number of carbonyl (C=O) groups is 1. The number of aromatic nitrogens is 1. The minimum absolute atomic E-state index is 0.0600. The van der Waals surface area contributed by atoms with E-state index < -0.39 is 24.6 Å². The smallest absolute Gasteiger partial charge is 0.123 e. The van der Waals surface area contributed by atoms with Gasteiger partial charge in [-0.3, -0.25) is 0 Å². The molecule has 0 radical (unpaired) electrons. The van der Waals surface area contributed by atoms with Crippen LogP contribution < -0.4 is 10.4 Å². The predicted molar refractivity (Wildman–Crippen MR) is 175 cm³/mol. The van der Waals surface area contributed by atoms with Gasteiger partial charge in [0.1, 0.15) is 5.82 Å². The van der Waals surface area contributed by atoms with E-state index in [4.69, 9.17) is 0 Å². The largest absolute Gasteiger partial charge is 0.550 e. The molecule has 0 spiro atoms. The quantitative estimate of drug-likeness (QED) is 0.163. The first-order valence-electron chi connectivity index (χ1n) is 15.6. The molecule has 0 aliphatic carbocycles. The van der Waals surface area contributed by atoms with Gasteiger partial charge in [-0.25, -0.2) is 4.39 Å². The molecule has 4 rings (SSSR count). The molecule has 4 aromatic rings. The molecule has 45 heavy (non-hydrogen) atoms. The summed E-state index contributed by atoms with van der Waals surface area (Å²) in [6, 6.07) is 25.3. The number of carboxylic acids is 1. The van der Waals surface area contributed by atoms with Crippen molar-refractivity contribution in [1.82, 2.24) is 14.8 Å². The highest BCUT2D eigenvalue weighted by Crippen LogP contribution is 2.42.